The minimum atomic E-state index is -4.19. The highest BCUT2D eigenvalue weighted by Crippen LogP contribution is 2.40. The first-order valence-corrected chi connectivity index (χ1v) is 15.7. The fourth-order valence-corrected chi connectivity index (χ4v) is 7.84. The van der Waals surface area contributed by atoms with Crippen LogP contribution in [0.3, 0.4) is 0 Å². The van der Waals surface area contributed by atoms with Crippen molar-refractivity contribution in [2.45, 2.75) is 81.8 Å². The van der Waals surface area contributed by atoms with Crippen LogP contribution in [-0.4, -0.2) is 61.8 Å². The number of halogens is 1. The zero-order valence-electron chi connectivity index (χ0n) is 21.3. The largest absolute Gasteiger partial charge is 0.486 e. The van der Waals surface area contributed by atoms with Crippen molar-refractivity contribution in [2.75, 3.05) is 16.6 Å². The zero-order valence-corrected chi connectivity index (χ0v) is 23.7. The Kier molecular flexibility index (Phi) is 7.57. The normalized spacial score (nSPS) is 18.3. The molecule has 10 nitrogen and oxygen atoms in total. The molecule has 0 saturated heterocycles. The summed E-state index contributed by atoms with van der Waals surface area (Å²) in [5.74, 6) is -0.263. The average molecular weight is 574 g/mol. The summed E-state index contributed by atoms with van der Waals surface area (Å²) >= 11 is 6.21. The molecule has 4 rings (SSSR count). The average Bonchev–Trinajstić information content (AvgIpc) is 3.58. The molecular weight excluding hydrogens is 542 g/mol. The van der Waals surface area contributed by atoms with Gasteiger partial charge in [-0.1, -0.05) is 17.7 Å². The number of carbonyl (C=O) groups excluding carboxylic acids is 1. The van der Waals surface area contributed by atoms with Crippen LogP contribution in [0.5, 0.6) is 5.75 Å². The highest BCUT2D eigenvalue weighted by molar-refractivity contribution is 7.93. The van der Waals surface area contributed by atoms with Crippen molar-refractivity contribution in [3.8, 4) is 5.75 Å². The molecular formula is C24H32ClN3O7S2. The van der Waals surface area contributed by atoms with Crippen LogP contribution in [-0.2, 0) is 42.4 Å². The van der Waals surface area contributed by atoms with Gasteiger partial charge in [0.2, 0.25) is 0 Å². The third kappa shape index (κ3) is 6.40. The fourth-order valence-electron chi connectivity index (χ4n) is 4.11. The maximum Gasteiger partial charge on any atom is 0.310 e. The summed E-state index contributed by atoms with van der Waals surface area (Å²) in [5.41, 5.74) is 0.123. The van der Waals surface area contributed by atoms with Crippen molar-refractivity contribution in [3.63, 3.8) is 0 Å². The minimum Gasteiger partial charge on any atom is -0.486 e. The molecule has 13 heteroatoms. The molecule has 1 atom stereocenters. The van der Waals surface area contributed by atoms with E-state index in [-0.39, 0.29) is 51.9 Å². The molecule has 2 heterocycles. The van der Waals surface area contributed by atoms with Gasteiger partial charge in [0, 0.05) is 12.7 Å². The van der Waals surface area contributed by atoms with Crippen LogP contribution in [0.2, 0.25) is 5.15 Å². The van der Waals surface area contributed by atoms with Gasteiger partial charge in [0.25, 0.3) is 10.0 Å². The van der Waals surface area contributed by atoms with Crippen molar-refractivity contribution >= 4 is 43.1 Å². The third-order valence-corrected chi connectivity index (χ3v) is 10.5. The van der Waals surface area contributed by atoms with Crippen molar-refractivity contribution in [3.05, 3.63) is 35.1 Å². The fraction of sp³-hybridized carbons (Fsp3) is 0.583. The number of carbonyl (C=O) groups is 1. The van der Waals surface area contributed by atoms with Gasteiger partial charge in [-0.25, -0.2) is 16.8 Å². The number of sulfonamides is 1. The molecule has 0 unspecified atom stereocenters. The van der Waals surface area contributed by atoms with E-state index in [9.17, 15) is 21.6 Å². The molecule has 1 aliphatic carbocycles. The van der Waals surface area contributed by atoms with Crippen molar-refractivity contribution in [1.29, 1.82) is 0 Å². The SMILES string of the molecule is CCn1cc(S(=O)(=O)N2C[C@H](CCS(=O)(=O)C3CC3)Oc3ccc(CC(=O)OC(C)(C)C)cc32)c(Cl)n1. The Bertz CT molecular complexity index is 1390. The highest BCUT2D eigenvalue weighted by Gasteiger charge is 2.39. The minimum absolute atomic E-state index is 0.0595. The van der Waals surface area contributed by atoms with Gasteiger partial charge in [-0.15, -0.1) is 0 Å². The first-order valence-electron chi connectivity index (χ1n) is 12.2. The molecule has 1 aromatic heterocycles. The predicted molar refractivity (Wildman–Crippen MR) is 139 cm³/mol. The lowest BCUT2D eigenvalue weighted by atomic mass is 10.1. The number of nitrogens with zero attached hydrogens (tertiary/aromatic N) is 3. The number of benzene rings is 1. The monoisotopic (exact) mass is 573 g/mol. The van der Waals surface area contributed by atoms with Gasteiger partial charge in [0.15, 0.2) is 15.0 Å². The van der Waals surface area contributed by atoms with Crippen LogP contribution in [0.15, 0.2) is 29.3 Å². The van der Waals surface area contributed by atoms with Crippen LogP contribution in [0.4, 0.5) is 5.69 Å². The van der Waals surface area contributed by atoms with Crippen molar-refractivity contribution in [1.82, 2.24) is 9.78 Å². The summed E-state index contributed by atoms with van der Waals surface area (Å²) in [7, 11) is -7.43. The van der Waals surface area contributed by atoms with Gasteiger partial charge >= 0.3 is 5.97 Å². The lowest BCUT2D eigenvalue weighted by Crippen LogP contribution is -2.44. The van der Waals surface area contributed by atoms with E-state index in [0.29, 0.717) is 24.9 Å². The Balaban J connectivity index is 1.67. The standard InChI is InChI=1S/C24H32ClN3O7S2/c1-5-27-15-21(23(25)26-27)37(32,33)28-14-17(10-11-36(30,31)18-7-8-18)34-20-9-6-16(12-19(20)28)13-22(29)35-24(2,3)4/h6,9,12,15,17-18H,5,7-8,10-11,13-14H2,1-4H3/t17-/m0/s1. The van der Waals surface area contributed by atoms with E-state index in [4.69, 9.17) is 21.1 Å². The highest BCUT2D eigenvalue weighted by atomic mass is 35.5. The van der Waals surface area contributed by atoms with Crippen LogP contribution < -0.4 is 9.04 Å². The number of sulfone groups is 1. The number of esters is 1. The van der Waals surface area contributed by atoms with Gasteiger partial charge in [-0.2, -0.15) is 5.10 Å². The number of ether oxygens (including phenoxy) is 2. The second kappa shape index (κ2) is 10.1. The van der Waals surface area contributed by atoms with Gasteiger partial charge in [0.05, 0.1) is 29.7 Å². The number of hydrogen-bond donors (Lipinski definition) is 0. The molecule has 0 radical (unpaired) electrons. The molecule has 37 heavy (non-hydrogen) atoms. The summed E-state index contributed by atoms with van der Waals surface area (Å²) in [5, 5.41) is 3.59. The first kappa shape index (κ1) is 27.7. The maximum absolute atomic E-state index is 13.8. The van der Waals surface area contributed by atoms with Gasteiger partial charge in [-0.3, -0.25) is 13.8 Å². The summed E-state index contributed by atoms with van der Waals surface area (Å²) in [4.78, 5) is 12.2. The molecule has 1 fully saturated rings. The van der Waals surface area contributed by atoms with Gasteiger partial charge in [0.1, 0.15) is 22.4 Å². The van der Waals surface area contributed by atoms with Crippen LogP contribution in [0.25, 0.3) is 0 Å². The number of aryl methyl sites for hydroxylation is 1. The van der Waals surface area contributed by atoms with E-state index < -0.39 is 37.5 Å². The van der Waals surface area contributed by atoms with E-state index >= 15 is 0 Å². The van der Waals surface area contributed by atoms with Crippen LogP contribution >= 0.6 is 11.6 Å². The number of hydrogen-bond acceptors (Lipinski definition) is 8. The Morgan fingerprint density at radius 1 is 1.22 bits per heavy atom. The number of anilines is 1. The molecule has 2 aliphatic rings. The Morgan fingerprint density at radius 3 is 2.51 bits per heavy atom. The van der Waals surface area contributed by atoms with Crippen LogP contribution in [0.1, 0.15) is 52.5 Å². The molecule has 2 aromatic rings. The van der Waals surface area contributed by atoms with Crippen molar-refractivity contribution in [2.24, 2.45) is 0 Å². The van der Waals surface area contributed by atoms with Crippen LogP contribution in [0, 0.1) is 0 Å². The van der Waals surface area contributed by atoms with Gasteiger partial charge < -0.3 is 9.47 Å². The van der Waals surface area contributed by atoms with E-state index in [1.165, 1.54) is 15.2 Å². The van der Waals surface area contributed by atoms with E-state index in [2.05, 4.69) is 5.10 Å². The molecule has 0 bridgehead atoms. The molecule has 1 saturated carbocycles. The quantitative estimate of drug-likeness (QED) is 0.418. The van der Waals surface area contributed by atoms with E-state index in [1.807, 2.05) is 6.92 Å². The number of rotatable bonds is 9. The number of aromatic nitrogens is 2. The molecule has 0 spiro atoms. The number of fused-ring (bicyclic) bond motifs is 1. The Labute approximate surface area is 222 Å². The predicted octanol–water partition coefficient (Wildman–Crippen LogP) is 3.36. The summed E-state index contributed by atoms with van der Waals surface area (Å²) in [6, 6.07) is 4.83. The Hall–Kier alpha value is -2.31. The second-order valence-corrected chi connectivity index (χ2v) is 14.9. The summed E-state index contributed by atoms with van der Waals surface area (Å²) in [6.45, 7) is 7.43. The maximum atomic E-state index is 13.8. The molecule has 0 N–H and O–H groups in total. The summed E-state index contributed by atoms with van der Waals surface area (Å²) in [6.07, 6.45) is 2.09. The molecule has 0 amide bonds. The molecule has 204 valence electrons. The lowest BCUT2D eigenvalue weighted by Gasteiger charge is -2.35. The topological polar surface area (TPSA) is 125 Å². The molecule has 1 aromatic carbocycles. The Morgan fingerprint density at radius 2 is 1.92 bits per heavy atom. The van der Waals surface area contributed by atoms with E-state index in [1.54, 1.807) is 39.0 Å². The third-order valence-electron chi connectivity index (χ3n) is 6.06. The van der Waals surface area contributed by atoms with E-state index in [0.717, 1.165) is 0 Å². The van der Waals surface area contributed by atoms with Crippen molar-refractivity contribution < 1.29 is 31.1 Å². The van der Waals surface area contributed by atoms with Gasteiger partial charge in [-0.05, 0) is 64.7 Å². The molecule has 1 aliphatic heterocycles. The summed E-state index contributed by atoms with van der Waals surface area (Å²) < 4.78 is 66.6. The zero-order chi connectivity index (χ0) is 27.2. The lowest BCUT2D eigenvalue weighted by molar-refractivity contribution is -0.153. The second-order valence-electron chi connectivity index (χ2n) is 10.3. The smallest absolute Gasteiger partial charge is 0.310 e. The first-order chi connectivity index (χ1) is 17.2.